The van der Waals surface area contributed by atoms with Crippen LogP contribution in [0.3, 0.4) is 0 Å². The second-order valence-electron chi connectivity index (χ2n) is 20.0. The van der Waals surface area contributed by atoms with E-state index in [1.165, 1.54) is 205 Å². The molecule has 2 atom stereocenters. The van der Waals surface area contributed by atoms with Gasteiger partial charge in [-0.2, -0.15) is 0 Å². The Morgan fingerprint density at radius 3 is 1.12 bits per heavy atom. The summed E-state index contributed by atoms with van der Waals surface area (Å²) in [5, 5.41) is 23.2. The second-order valence-corrected chi connectivity index (χ2v) is 20.0. The summed E-state index contributed by atoms with van der Waals surface area (Å²) >= 11 is 0. The average molecular weight is 929 g/mol. The van der Waals surface area contributed by atoms with Gasteiger partial charge in [0.05, 0.1) is 25.4 Å². The van der Waals surface area contributed by atoms with Crippen molar-refractivity contribution in [3.8, 4) is 0 Å². The summed E-state index contributed by atoms with van der Waals surface area (Å²) in [5.74, 6) is -0.0906. The fraction of sp³-hybridized carbons (Fsp3) is 0.867. The lowest BCUT2D eigenvalue weighted by Crippen LogP contribution is -2.45. The molecule has 0 aliphatic rings. The second kappa shape index (κ2) is 55.7. The van der Waals surface area contributed by atoms with Gasteiger partial charge in [0.2, 0.25) is 5.91 Å². The van der Waals surface area contributed by atoms with Gasteiger partial charge in [-0.05, 0) is 64.2 Å². The van der Waals surface area contributed by atoms with E-state index < -0.39 is 12.1 Å². The van der Waals surface area contributed by atoms with Crippen LogP contribution >= 0.6 is 0 Å². The Kier molecular flexibility index (Phi) is 54.1. The predicted molar refractivity (Wildman–Crippen MR) is 287 cm³/mol. The number of carbonyl (C=O) groups is 2. The largest absolute Gasteiger partial charge is 0.466 e. The number of aliphatic hydroxyl groups is 2. The number of ether oxygens (including phenoxy) is 1. The summed E-state index contributed by atoms with van der Waals surface area (Å²) in [6, 6.07) is -0.636. The molecule has 0 heterocycles. The molecule has 0 rings (SSSR count). The fourth-order valence-corrected chi connectivity index (χ4v) is 8.92. The highest BCUT2D eigenvalue weighted by Crippen LogP contribution is 2.17. The van der Waals surface area contributed by atoms with Crippen molar-refractivity contribution < 1.29 is 24.5 Å². The third-order valence-electron chi connectivity index (χ3n) is 13.4. The summed E-state index contributed by atoms with van der Waals surface area (Å²) in [6.07, 6.45) is 68.8. The van der Waals surface area contributed by atoms with Crippen LogP contribution in [0.25, 0.3) is 0 Å². The van der Waals surface area contributed by atoms with Gasteiger partial charge in [-0.25, -0.2) is 0 Å². The maximum absolute atomic E-state index is 12.5. The first-order valence-corrected chi connectivity index (χ1v) is 29.3. The first-order valence-electron chi connectivity index (χ1n) is 29.3. The molecule has 1 amide bonds. The summed E-state index contributed by atoms with van der Waals surface area (Å²) < 4.78 is 5.43. The molecule has 0 saturated carbocycles. The van der Waals surface area contributed by atoms with Gasteiger partial charge in [0, 0.05) is 12.8 Å². The first kappa shape index (κ1) is 64.1. The molecule has 66 heavy (non-hydrogen) atoms. The number of allylic oxidation sites excluding steroid dienone is 5. The SMILES string of the molecule is CCCCCCCCCCCCCCCCCCC/C=C/C(O)C(CO)NC(=O)CCCCCCCCCCCC/C=C\C=C/CCCCCOC(=O)CCCCCCCCCCCCC. The van der Waals surface area contributed by atoms with Gasteiger partial charge >= 0.3 is 5.97 Å². The van der Waals surface area contributed by atoms with E-state index in [0.717, 1.165) is 77.0 Å². The molecule has 6 heteroatoms. The minimum atomic E-state index is -0.852. The van der Waals surface area contributed by atoms with Crippen molar-refractivity contribution in [3.05, 3.63) is 36.5 Å². The van der Waals surface area contributed by atoms with Crippen LogP contribution in [0.2, 0.25) is 0 Å². The molecule has 0 saturated heterocycles. The number of esters is 1. The molecule has 2 unspecified atom stereocenters. The normalized spacial score (nSPS) is 12.8. The highest BCUT2D eigenvalue weighted by molar-refractivity contribution is 5.76. The Labute approximate surface area is 411 Å². The van der Waals surface area contributed by atoms with Crippen molar-refractivity contribution in [1.82, 2.24) is 5.32 Å². The van der Waals surface area contributed by atoms with Gasteiger partial charge in [-0.1, -0.05) is 269 Å². The minimum absolute atomic E-state index is 0.0145. The van der Waals surface area contributed by atoms with E-state index in [1.54, 1.807) is 6.08 Å². The third-order valence-corrected chi connectivity index (χ3v) is 13.4. The third kappa shape index (κ3) is 51.5. The van der Waals surface area contributed by atoms with Crippen LogP contribution in [0.1, 0.15) is 309 Å². The standard InChI is InChI=1S/C60H113NO5/c1-3-5-7-9-11-13-15-16-17-18-20-23-26-29-33-36-40-44-48-52-58(63)57(56-62)61-59(64)53-49-45-41-37-34-30-27-24-21-19-22-25-28-31-35-39-43-47-51-55-66-60(65)54-50-46-42-38-32-14-12-10-8-6-4-2/h25,28,31,35,48,52,57-58,62-63H,3-24,26-27,29-30,32-34,36-47,49-51,53-56H2,1-2H3,(H,61,64)/b28-25-,35-31-,52-48+. The van der Waals surface area contributed by atoms with Crippen molar-refractivity contribution >= 4 is 11.9 Å². The number of unbranched alkanes of at least 4 members (excludes halogenated alkanes) is 40. The summed E-state index contributed by atoms with van der Waals surface area (Å²) in [6.45, 7) is 4.87. The lowest BCUT2D eigenvalue weighted by molar-refractivity contribution is -0.143. The molecule has 0 bridgehead atoms. The summed E-state index contributed by atoms with van der Waals surface area (Å²) in [4.78, 5) is 24.4. The number of aliphatic hydroxyl groups excluding tert-OH is 2. The Bertz CT molecular complexity index is 1070. The molecule has 0 aliphatic carbocycles. The lowest BCUT2D eigenvalue weighted by atomic mass is 10.0. The highest BCUT2D eigenvalue weighted by Gasteiger charge is 2.18. The zero-order valence-electron chi connectivity index (χ0n) is 44.2. The number of rotatable bonds is 54. The van der Waals surface area contributed by atoms with E-state index in [9.17, 15) is 19.8 Å². The molecule has 388 valence electrons. The van der Waals surface area contributed by atoms with E-state index >= 15 is 0 Å². The van der Waals surface area contributed by atoms with E-state index in [2.05, 4.69) is 43.5 Å². The monoisotopic (exact) mass is 928 g/mol. The highest BCUT2D eigenvalue weighted by atomic mass is 16.5. The number of carbonyl (C=O) groups excluding carboxylic acids is 2. The number of nitrogens with one attached hydrogen (secondary N) is 1. The quantitative estimate of drug-likeness (QED) is 0.0244. The summed E-state index contributed by atoms with van der Waals surface area (Å²) in [7, 11) is 0. The molecular weight excluding hydrogens is 815 g/mol. The van der Waals surface area contributed by atoms with Crippen LogP contribution in [-0.2, 0) is 14.3 Å². The summed E-state index contributed by atoms with van der Waals surface area (Å²) in [5.41, 5.74) is 0. The van der Waals surface area contributed by atoms with Crippen LogP contribution < -0.4 is 5.32 Å². The Hall–Kier alpha value is -1.92. The van der Waals surface area contributed by atoms with Crippen molar-refractivity contribution in [2.75, 3.05) is 13.2 Å². The number of hydrogen-bond donors (Lipinski definition) is 3. The maximum Gasteiger partial charge on any atom is 0.305 e. The molecular formula is C60H113NO5. The smallest absolute Gasteiger partial charge is 0.305 e. The zero-order valence-corrected chi connectivity index (χ0v) is 44.2. The topological polar surface area (TPSA) is 95.9 Å². The van der Waals surface area contributed by atoms with Crippen LogP contribution in [0.15, 0.2) is 36.5 Å². The van der Waals surface area contributed by atoms with E-state index in [1.807, 2.05) is 6.08 Å². The van der Waals surface area contributed by atoms with Crippen LogP contribution in [-0.4, -0.2) is 47.4 Å². The zero-order chi connectivity index (χ0) is 47.9. The molecule has 0 fully saturated rings. The maximum atomic E-state index is 12.5. The van der Waals surface area contributed by atoms with Crippen molar-refractivity contribution in [3.63, 3.8) is 0 Å². The van der Waals surface area contributed by atoms with Crippen LogP contribution in [0.4, 0.5) is 0 Å². The molecule has 0 aromatic rings. The van der Waals surface area contributed by atoms with Gasteiger partial charge in [0.25, 0.3) is 0 Å². The minimum Gasteiger partial charge on any atom is -0.466 e. The van der Waals surface area contributed by atoms with Crippen molar-refractivity contribution in [1.29, 1.82) is 0 Å². The van der Waals surface area contributed by atoms with Gasteiger partial charge in [0.15, 0.2) is 0 Å². The molecule has 0 aliphatic heterocycles. The number of hydrogen-bond acceptors (Lipinski definition) is 5. The molecule has 3 N–H and O–H groups in total. The van der Waals surface area contributed by atoms with Crippen LogP contribution in [0.5, 0.6) is 0 Å². The van der Waals surface area contributed by atoms with Gasteiger partial charge in [0.1, 0.15) is 0 Å². The van der Waals surface area contributed by atoms with Gasteiger partial charge in [-0.15, -0.1) is 0 Å². The van der Waals surface area contributed by atoms with Gasteiger partial charge in [-0.3, -0.25) is 9.59 Å². The fourth-order valence-electron chi connectivity index (χ4n) is 8.92. The van der Waals surface area contributed by atoms with Crippen molar-refractivity contribution in [2.45, 2.75) is 321 Å². The van der Waals surface area contributed by atoms with E-state index in [0.29, 0.717) is 19.4 Å². The van der Waals surface area contributed by atoms with Crippen molar-refractivity contribution in [2.24, 2.45) is 0 Å². The average Bonchev–Trinajstić information content (AvgIpc) is 3.32. The van der Waals surface area contributed by atoms with Crippen LogP contribution in [0, 0.1) is 0 Å². The number of amides is 1. The van der Waals surface area contributed by atoms with E-state index in [-0.39, 0.29) is 18.5 Å². The Balaban J connectivity index is 3.52. The predicted octanol–water partition coefficient (Wildman–Crippen LogP) is 18.0. The molecule has 0 aromatic heterocycles. The molecule has 6 nitrogen and oxygen atoms in total. The lowest BCUT2D eigenvalue weighted by Gasteiger charge is -2.20. The molecule has 0 radical (unpaired) electrons. The Morgan fingerprint density at radius 1 is 0.424 bits per heavy atom. The van der Waals surface area contributed by atoms with E-state index in [4.69, 9.17) is 4.74 Å². The Morgan fingerprint density at radius 2 is 0.742 bits per heavy atom. The van der Waals surface area contributed by atoms with Gasteiger partial charge < -0.3 is 20.3 Å². The first-order chi connectivity index (χ1) is 32.5. The molecule has 0 spiro atoms. The molecule has 0 aromatic carbocycles.